The molecule has 1 saturated heterocycles. The minimum absolute atomic E-state index is 0.0642. The molecule has 3 heterocycles. The van der Waals surface area contributed by atoms with Crippen LogP contribution < -0.4 is 10.6 Å². The van der Waals surface area contributed by atoms with Gasteiger partial charge in [-0.1, -0.05) is 11.6 Å². The van der Waals surface area contributed by atoms with Gasteiger partial charge in [0.25, 0.3) is 0 Å². The quantitative estimate of drug-likeness (QED) is 0.788. The molecule has 22 heavy (non-hydrogen) atoms. The monoisotopic (exact) mass is 323 g/mol. The molecule has 0 radical (unpaired) electrons. The van der Waals surface area contributed by atoms with Crippen molar-refractivity contribution in [3.8, 4) is 0 Å². The van der Waals surface area contributed by atoms with Crippen LogP contribution in [0.5, 0.6) is 0 Å². The zero-order chi connectivity index (χ0) is 15.9. The van der Waals surface area contributed by atoms with Gasteiger partial charge in [-0.05, 0) is 12.8 Å². The SMILES string of the molecule is CN(C(=O)O)C1CCCN(c2c(Cl)cnc3[nH]cc(N)c23)C1. The lowest BCUT2D eigenvalue weighted by atomic mass is 10.0. The Labute approximate surface area is 132 Å². The lowest BCUT2D eigenvalue weighted by Crippen LogP contribution is -2.48. The first kappa shape index (κ1) is 14.8. The van der Waals surface area contributed by atoms with Crippen LogP contribution >= 0.6 is 11.6 Å². The number of nitrogens with zero attached hydrogens (tertiary/aromatic N) is 3. The van der Waals surface area contributed by atoms with Crippen molar-refractivity contribution in [3.05, 3.63) is 17.4 Å². The predicted molar refractivity (Wildman–Crippen MR) is 86.5 cm³/mol. The van der Waals surface area contributed by atoms with Crippen LogP contribution in [0.2, 0.25) is 5.02 Å². The number of piperidine rings is 1. The summed E-state index contributed by atoms with van der Waals surface area (Å²) in [7, 11) is 1.60. The first-order chi connectivity index (χ1) is 10.5. The number of hydrogen-bond acceptors (Lipinski definition) is 4. The van der Waals surface area contributed by atoms with Gasteiger partial charge in [-0.2, -0.15) is 0 Å². The van der Waals surface area contributed by atoms with Gasteiger partial charge in [0.1, 0.15) is 5.65 Å². The van der Waals surface area contributed by atoms with Crippen LogP contribution in [0, 0.1) is 0 Å². The lowest BCUT2D eigenvalue weighted by molar-refractivity contribution is 0.133. The van der Waals surface area contributed by atoms with Crippen LogP contribution in [0.1, 0.15) is 12.8 Å². The highest BCUT2D eigenvalue weighted by atomic mass is 35.5. The Bertz CT molecular complexity index is 717. The minimum atomic E-state index is -0.918. The van der Waals surface area contributed by atoms with E-state index in [0.29, 0.717) is 22.9 Å². The molecular formula is C14H18ClN5O2. The lowest BCUT2D eigenvalue weighted by Gasteiger charge is -2.38. The maximum absolute atomic E-state index is 11.2. The number of aromatic nitrogens is 2. The molecule has 2 aromatic rings. The van der Waals surface area contributed by atoms with Gasteiger partial charge in [-0.15, -0.1) is 0 Å². The number of nitrogen functional groups attached to an aromatic ring is 1. The molecule has 0 bridgehead atoms. The molecule has 1 fully saturated rings. The summed E-state index contributed by atoms with van der Waals surface area (Å²) in [5, 5.41) is 10.5. The third-order valence-electron chi connectivity index (χ3n) is 4.22. The summed E-state index contributed by atoms with van der Waals surface area (Å²) >= 11 is 6.35. The van der Waals surface area contributed by atoms with Crippen molar-refractivity contribution in [1.82, 2.24) is 14.9 Å². The number of nitrogens with one attached hydrogen (secondary N) is 1. The Balaban J connectivity index is 1.98. The van der Waals surface area contributed by atoms with Crippen LogP contribution in [0.3, 0.4) is 0 Å². The highest BCUT2D eigenvalue weighted by Crippen LogP contribution is 2.37. The second kappa shape index (κ2) is 5.57. The molecule has 1 aliphatic heterocycles. The molecule has 0 spiro atoms. The van der Waals surface area contributed by atoms with Gasteiger partial charge in [0.05, 0.1) is 34.0 Å². The normalized spacial score (nSPS) is 18.6. The standard InChI is InChI=1S/C14H18ClN5O2/c1-19(14(21)22)8-3-2-4-20(7-8)12-9(15)5-17-13-11(12)10(16)6-18-13/h5-6,8H,2-4,7,16H2,1H3,(H,17,18)(H,21,22). The van der Waals surface area contributed by atoms with Crippen LogP contribution in [0.4, 0.5) is 16.2 Å². The maximum atomic E-state index is 11.2. The van der Waals surface area contributed by atoms with Crippen molar-refractivity contribution in [2.45, 2.75) is 18.9 Å². The van der Waals surface area contributed by atoms with Crippen molar-refractivity contribution in [3.63, 3.8) is 0 Å². The van der Waals surface area contributed by atoms with Gasteiger partial charge < -0.3 is 25.6 Å². The summed E-state index contributed by atoms with van der Waals surface area (Å²) in [4.78, 5) is 21.9. The van der Waals surface area contributed by atoms with Crippen molar-refractivity contribution in [2.24, 2.45) is 0 Å². The number of halogens is 1. The fraction of sp³-hybridized carbons (Fsp3) is 0.429. The van der Waals surface area contributed by atoms with E-state index >= 15 is 0 Å². The second-order valence-electron chi connectivity index (χ2n) is 5.56. The number of amides is 1. The van der Waals surface area contributed by atoms with E-state index in [1.807, 2.05) is 0 Å². The third kappa shape index (κ3) is 2.41. The topological polar surface area (TPSA) is 98.5 Å². The molecular weight excluding hydrogens is 306 g/mol. The van der Waals surface area contributed by atoms with Crippen LogP contribution in [0.25, 0.3) is 11.0 Å². The summed E-state index contributed by atoms with van der Waals surface area (Å²) in [5.41, 5.74) is 8.14. The van der Waals surface area contributed by atoms with E-state index in [0.717, 1.165) is 30.5 Å². The molecule has 118 valence electrons. The van der Waals surface area contributed by atoms with E-state index in [1.165, 1.54) is 4.90 Å². The molecule has 7 nitrogen and oxygen atoms in total. The first-order valence-electron chi connectivity index (χ1n) is 7.10. The van der Waals surface area contributed by atoms with E-state index in [4.69, 9.17) is 17.3 Å². The number of H-pyrrole nitrogens is 1. The Morgan fingerprint density at radius 1 is 1.64 bits per heavy atom. The van der Waals surface area contributed by atoms with E-state index in [-0.39, 0.29) is 6.04 Å². The fourth-order valence-electron chi connectivity index (χ4n) is 3.02. The number of rotatable bonds is 2. The van der Waals surface area contributed by atoms with Crippen molar-refractivity contribution < 1.29 is 9.90 Å². The Morgan fingerprint density at radius 3 is 3.14 bits per heavy atom. The van der Waals surface area contributed by atoms with Gasteiger partial charge in [-0.3, -0.25) is 0 Å². The molecule has 0 saturated carbocycles. The summed E-state index contributed by atoms with van der Waals surface area (Å²) < 4.78 is 0. The van der Waals surface area contributed by atoms with Gasteiger partial charge in [0.15, 0.2) is 0 Å². The van der Waals surface area contributed by atoms with Crippen LogP contribution in [-0.2, 0) is 0 Å². The number of anilines is 2. The zero-order valence-corrected chi connectivity index (χ0v) is 13.0. The second-order valence-corrected chi connectivity index (χ2v) is 5.97. The molecule has 1 amide bonds. The average Bonchev–Trinajstić information content (AvgIpc) is 2.88. The number of hydrogen-bond donors (Lipinski definition) is 3. The highest BCUT2D eigenvalue weighted by Gasteiger charge is 2.28. The number of nitrogens with two attached hydrogens (primary N) is 1. The number of likely N-dealkylation sites (N-methyl/N-ethyl adjacent to an activating group) is 1. The maximum Gasteiger partial charge on any atom is 0.407 e. The summed E-state index contributed by atoms with van der Waals surface area (Å²) in [6.45, 7) is 1.40. The third-order valence-corrected chi connectivity index (χ3v) is 4.50. The summed E-state index contributed by atoms with van der Waals surface area (Å²) in [6.07, 6.45) is 4.11. The zero-order valence-electron chi connectivity index (χ0n) is 12.2. The van der Waals surface area contributed by atoms with E-state index < -0.39 is 6.09 Å². The number of aromatic amines is 1. The Hall–Kier alpha value is -2.15. The first-order valence-corrected chi connectivity index (χ1v) is 7.48. The molecule has 0 aliphatic carbocycles. The predicted octanol–water partition coefficient (Wildman–Crippen LogP) is 2.38. The number of carboxylic acid groups (broad SMARTS) is 1. The molecule has 3 rings (SSSR count). The fourth-order valence-corrected chi connectivity index (χ4v) is 3.28. The van der Waals surface area contributed by atoms with Gasteiger partial charge in [0.2, 0.25) is 0 Å². The molecule has 0 aromatic carbocycles. The minimum Gasteiger partial charge on any atom is -0.465 e. The number of fused-ring (bicyclic) bond motifs is 1. The highest BCUT2D eigenvalue weighted by molar-refractivity contribution is 6.35. The van der Waals surface area contributed by atoms with Crippen LogP contribution in [0.15, 0.2) is 12.4 Å². The van der Waals surface area contributed by atoms with Gasteiger partial charge in [-0.25, -0.2) is 9.78 Å². The van der Waals surface area contributed by atoms with Crippen molar-refractivity contribution in [1.29, 1.82) is 0 Å². The smallest absolute Gasteiger partial charge is 0.407 e. The molecule has 4 N–H and O–H groups in total. The summed E-state index contributed by atoms with van der Waals surface area (Å²) in [6, 6.07) is -0.0642. The van der Waals surface area contributed by atoms with E-state index in [9.17, 15) is 9.90 Å². The largest absolute Gasteiger partial charge is 0.465 e. The van der Waals surface area contributed by atoms with Gasteiger partial charge in [0, 0.05) is 26.3 Å². The Kier molecular flexibility index (Phi) is 3.74. The molecule has 1 atom stereocenters. The summed E-state index contributed by atoms with van der Waals surface area (Å²) in [5.74, 6) is 0. The van der Waals surface area contributed by atoms with Crippen LogP contribution in [-0.4, -0.2) is 52.2 Å². The van der Waals surface area contributed by atoms with Crippen molar-refractivity contribution in [2.75, 3.05) is 30.8 Å². The molecule has 1 unspecified atom stereocenters. The number of carbonyl (C=O) groups is 1. The molecule has 2 aromatic heterocycles. The van der Waals surface area contributed by atoms with E-state index in [1.54, 1.807) is 19.4 Å². The van der Waals surface area contributed by atoms with E-state index in [2.05, 4.69) is 14.9 Å². The molecule has 8 heteroatoms. The van der Waals surface area contributed by atoms with Crippen molar-refractivity contribution >= 4 is 40.1 Å². The molecule has 1 aliphatic rings. The number of pyridine rings is 1. The average molecular weight is 324 g/mol. The Morgan fingerprint density at radius 2 is 2.41 bits per heavy atom. The van der Waals surface area contributed by atoms with Gasteiger partial charge >= 0.3 is 6.09 Å².